The first-order chi connectivity index (χ1) is 9.20. The SMILES string of the molecule is CC(=O)c1ccc(NC(CO)c2ccccc2)cc1. The number of aliphatic hydroxyl groups excluding tert-OH is 1. The minimum atomic E-state index is -0.149. The van der Waals surface area contributed by atoms with Crippen molar-refractivity contribution >= 4 is 11.5 Å². The van der Waals surface area contributed by atoms with Gasteiger partial charge < -0.3 is 10.4 Å². The van der Waals surface area contributed by atoms with Crippen molar-refractivity contribution in [3.05, 3.63) is 65.7 Å². The summed E-state index contributed by atoms with van der Waals surface area (Å²) in [5.41, 5.74) is 2.60. The summed E-state index contributed by atoms with van der Waals surface area (Å²) in [5.74, 6) is 0.0494. The van der Waals surface area contributed by atoms with Gasteiger partial charge in [-0.05, 0) is 36.8 Å². The van der Waals surface area contributed by atoms with Crippen LogP contribution >= 0.6 is 0 Å². The topological polar surface area (TPSA) is 49.3 Å². The van der Waals surface area contributed by atoms with Gasteiger partial charge in [0.2, 0.25) is 0 Å². The van der Waals surface area contributed by atoms with Gasteiger partial charge in [0.05, 0.1) is 12.6 Å². The van der Waals surface area contributed by atoms with E-state index in [1.54, 1.807) is 19.1 Å². The molecule has 19 heavy (non-hydrogen) atoms. The minimum absolute atomic E-state index is 0.0124. The lowest BCUT2D eigenvalue weighted by atomic mass is 10.1. The Morgan fingerprint density at radius 3 is 2.26 bits per heavy atom. The molecule has 0 aliphatic heterocycles. The van der Waals surface area contributed by atoms with E-state index in [4.69, 9.17) is 0 Å². The lowest BCUT2D eigenvalue weighted by Crippen LogP contribution is -2.14. The van der Waals surface area contributed by atoms with Gasteiger partial charge in [0, 0.05) is 11.3 Å². The molecule has 0 amide bonds. The number of hydrogen-bond donors (Lipinski definition) is 2. The molecule has 3 heteroatoms. The number of carbonyl (C=O) groups is 1. The first kappa shape index (κ1) is 13.3. The lowest BCUT2D eigenvalue weighted by Gasteiger charge is -2.18. The second kappa shape index (κ2) is 6.16. The van der Waals surface area contributed by atoms with Crippen LogP contribution in [0.25, 0.3) is 0 Å². The molecular weight excluding hydrogens is 238 g/mol. The number of ketones is 1. The van der Waals surface area contributed by atoms with Crippen molar-refractivity contribution in [1.82, 2.24) is 0 Å². The largest absolute Gasteiger partial charge is 0.394 e. The fraction of sp³-hybridized carbons (Fsp3) is 0.188. The average molecular weight is 255 g/mol. The summed E-state index contributed by atoms with van der Waals surface area (Å²) >= 11 is 0. The van der Waals surface area contributed by atoms with Crippen LogP contribution in [0.2, 0.25) is 0 Å². The Morgan fingerprint density at radius 2 is 1.74 bits per heavy atom. The van der Waals surface area contributed by atoms with E-state index in [1.807, 2.05) is 42.5 Å². The number of hydrogen-bond acceptors (Lipinski definition) is 3. The van der Waals surface area contributed by atoms with Crippen molar-refractivity contribution in [2.24, 2.45) is 0 Å². The van der Waals surface area contributed by atoms with Gasteiger partial charge in [0.25, 0.3) is 0 Å². The molecule has 0 spiro atoms. The third-order valence-electron chi connectivity index (χ3n) is 3.02. The van der Waals surface area contributed by atoms with E-state index in [0.717, 1.165) is 11.3 Å². The molecule has 1 unspecified atom stereocenters. The fourth-order valence-corrected chi connectivity index (χ4v) is 1.92. The zero-order valence-electron chi connectivity index (χ0n) is 10.8. The normalized spacial score (nSPS) is 11.9. The van der Waals surface area contributed by atoms with Crippen LogP contribution in [-0.2, 0) is 0 Å². The van der Waals surface area contributed by atoms with Crippen LogP contribution in [-0.4, -0.2) is 17.5 Å². The maximum absolute atomic E-state index is 11.2. The number of rotatable bonds is 5. The van der Waals surface area contributed by atoms with Crippen LogP contribution in [0.4, 0.5) is 5.69 Å². The fourth-order valence-electron chi connectivity index (χ4n) is 1.92. The van der Waals surface area contributed by atoms with Crippen molar-refractivity contribution in [2.45, 2.75) is 13.0 Å². The Morgan fingerprint density at radius 1 is 1.11 bits per heavy atom. The van der Waals surface area contributed by atoms with Crippen molar-refractivity contribution in [2.75, 3.05) is 11.9 Å². The van der Waals surface area contributed by atoms with E-state index in [1.165, 1.54) is 0 Å². The molecule has 0 aromatic heterocycles. The maximum atomic E-state index is 11.2. The summed E-state index contributed by atoms with van der Waals surface area (Å²) in [5, 5.41) is 12.7. The van der Waals surface area contributed by atoms with Crippen molar-refractivity contribution in [3.63, 3.8) is 0 Å². The van der Waals surface area contributed by atoms with Gasteiger partial charge in [-0.3, -0.25) is 4.79 Å². The smallest absolute Gasteiger partial charge is 0.159 e. The van der Waals surface area contributed by atoms with Crippen LogP contribution in [0.1, 0.15) is 28.9 Å². The first-order valence-electron chi connectivity index (χ1n) is 6.24. The molecule has 2 aromatic carbocycles. The van der Waals surface area contributed by atoms with Gasteiger partial charge in [-0.2, -0.15) is 0 Å². The number of benzene rings is 2. The minimum Gasteiger partial charge on any atom is -0.394 e. The molecule has 1 atom stereocenters. The molecule has 0 heterocycles. The molecule has 2 N–H and O–H groups in total. The van der Waals surface area contributed by atoms with Crippen LogP contribution < -0.4 is 5.32 Å². The Hall–Kier alpha value is -2.13. The number of carbonyl (C=O) groups excluding carboxylic acids is 1. The summed E-state index contributed by atoms with van der Waals surface area (Å²) in [6, 6.07) is 16.9. The molecule has 2 aromatic rings. The zero-order chi connectivity index (χ0) is 13.7. The van der Waals surface area contributed by atoms with Gasteiger partial charge in [-0.25, -0.2) is 0 Å². The Kier molecular flexibility index (Phi) is 4.31. The molecule has 0 radical (unpaired) electrons. The van der Waals surface area contributed by atoms with Gasteiger partial charge in [0.15, 0.2) is 5.78 Å². The van der Waals surface area contributed by atoms with Gasteiger partial charge >= 0.3 is 0 Å². The third-order valence-corrected chi connectivity index (χ3v) is 3.02. The molecular formula is C16H17NO2. The molecule has 0 saturated heterocycles. The predicted octanol–water partition coefficient (Wildman–Crippen LogP) is 3.03. The highest BCUT2D eigenvalue weighted by Crippen LogP contribution is 2.19. The zero-order valence-corrected chi connectivity index (χ0v) is 10.8. The highest BCUT2D eigenvalue weighted by Gasteiger charge is 2.09. The van der Waals surface area contributed by atoms with Crippen molar-refractivity contribution in [3.8, 4) is 0 Å². The summed E-state index contributed by atoms with van der Waals surface area (Å²) < 4.78 is 0. The second-order valence-corrected chi connectivity index (χ2v) is 4.42. The molecule has 0 fully saturated rings. The van der Waals surface area contributed by atoms with Crippen LogP contribution in [0.3, 0.4) is 0 Å². The highest BCUT2D eigenvalue weighted by atomic mass is 16.3. The van der Waals surface area contributed by atoms with Gasteiger partial charge in [-0.1, -0.05) is 30.3 Å². The van der Waals surface area contributed by atoms with E-state index in [2.05, 4.69) is 5.32 Å². The summed E-state index contributed by atoms with van der Waals surface area (Å²) in [4.78, 5) is 11.2. The van der Waals surface area contributed by atoms with Gasteiger partial charge in [0.1, 0.15) is 0 Å². The summed E-state index contributed by atoms with van der Waals surface area (Å²) in [6.45, 7) is 1.56. The highest BCUT2D eigenvalue weighted by molar-refractivity contribution is 5.94. The average Bonchev–Trinajstić information content (AvgIpc) is 2.46. The van der Waals surface area contributed by atoms with Crippen LogP contribution in [0, 0.1) is 0 Å². The summed E-state index contributed by atoms with van der Waals surface area (Å²) in [7, 11) is 0. The van der Waals surface area contributed by atoms with Gasteiger partial charge in [-0.15, -0.1) is 0 Å². The van der Waals surface area contributed by atoms with E-state index in [-0.39, 0.29) is 18.4 Å². The quantitative estimate of drug-likeness (QED) is 0.807. The molecule has 0 saturated carbocycles. The number of Topliss-reactive ketones (excluding diaryl/α,β-unsaturated/α-hetero) is 1. The standard InChI is InChI=1S/C16H17NO2/c1-12(19)13-7-9-15(10-8-13)17-16(11-18)14-5-3-2-4-6-14/h2-10,16-18H,11H2,1H3. The monoisotopic (exact) mass is 255 g/mol. The molecule has 0 bridgehead atoms. The van der Waals surface area contributed by atoms with E-state index >= 15 is 0 Å². The molecule has 0 aliphatic rings. The number of nitrogens with one attached hydrogen (secondary N) is 1. The van der Waals surface area contributed by atoms with Crippen molar-refractivity contribution in [1.29, 1.82) is 0 Å². The number of aliphatic hydroxyl groups is 1. The van der Waals surface area contributed by atoms with E-state index in [9.17, 15) is 9.90 Å². The maximum Gasteiger partial charge on any atom is 0.159 e. The Bertz CT molecular complexity index is 534. The van der Waals surface area contributed by atoms with E-state index in [0.29, 0.717) is 5.56 Å². The number of anilines is 1. The lowest BCUT2D eigenvalue weighted by molar-refractivity contribution is 0.101. The molecule has 2 rings (SSSR count). The third kappa shape index (κ3) is 3.42. The summed E-state index contributed by atoms with van der Waals surface area (Å²) in [6.07, 6.45) is 0. The van der Waals surface area contributed by atoms with Crippen molar-refractivity contribution < 1.29 is 9.90 Å². The molecule has 0 aliphatic carbocycles. The van der Waals surface area contributed by atoms with Crippen LogP contribution in [0.5, 0.6) is 0 Å². The Balaban J connectivity index is 2.12. The molecule has 98 valence electrons. The Labute approximate surface area is 112 Å². The van der Waals surface area contributed by atoms with Crippen LogP contribution in [0.15, 0.2) is 54.6 Å². The molecule has 3 nitrogen and oxygen atoms in total. The predicted molar refractivity (Wildman–Crippen MR) is 76.3 cm³/mol. The van der Waals surface area contributed by atoms with E-state index < -0.39 is 0 Å². The second-order valence-electron chi connectivity index (χ2n) is 4.42. The first-order valence-corrected chi connectivity index (χ1v) is 6.24.